The molecule has 0 bridgehead atoms. The summed E-state index contributed by atoms with van der Waals surface area (Å²) >= 11 is 6.92. The van der Waals surface area contributed by atoms with Gasteiger partial charge in [0.25, 0.3) is 0 Å². The van der Waals surface area contributed by atoms with E-state index in [1.165, 1.54) is 28.7 Å². The number of nitrogens with zero attached hydrogens (tertiary/aromatic N) is 2. The van der Waals surface area contributed by atoms with Crippen LogP contribution in [0.4, 0.5) is 18.9 Å². The minimum Gasteiger partial charge on any atom is -0.381 e. The monoisotopic (exact) mass is 382 g/mol. The van der Waals surface area contributed by atoms with Gasteiger partial charge in [-0.2, -0.15) is 0 Å². The lowest BCUT2D eigenvalue weighted by Crippen LogP contribution is -2.19. The first kappa shape index (κ1) is 14.2. The lowest BCUT2D eigenvalue weighted by molar-refractivity contribution is -0.390. The zero-order valence-corrected chi connectivity index (χ0v) is 10.7. The van der Waals surface area contributed by atoms with Gasteiger partial charge in [0.2, 0.25) is 0 Å². The van der Waals surface area contributed by atoms with E-state index in [-0.39, 0.29) is 15.1 Å². The topological polar surface area (TPSA) is 65.3 Å². The normalized spacial score (nSPS) is 11.4. The highest BCUT2D eigenvalue weighted by molar-refractivity contribution is 14.1. The third-order valence-electron chi connectivity index (χ3n) is 1.50. The smallest absolute Gasteiger partial charge is 0.381 e. The van der Waals surface area contributed by atoms with Gasteiger partial charge in [0.05, 0.1) is 20.1 Å². The molecule has 0 N–H and O–H groups in total. The van der Waals surface area contributed by atoms with E-state index in [1.807, 2.05) is 0 Å². The Kier molecular flexibility index (Phi) is 4.36. The second-order valence-electron chi connectivity index (χ2n) is 2.69. The molecule has 1 heterocycles. The average Bonchev–Trinajstić information content (AvgIpc) is 2.13. The fourth-order valence-corrected chi connectivity index (χ4v) is 1.87. The summed E-state index contributed by atoms with van der Waals surface area (Å²) in [5, 5.41) is 10.6. The van der Waals surface area contributed by atoms with Crippen molar-refractivity contribution < 1.29 is 22.8 Å². The minimum atomic E-state index is -5.05. The molecule has 1 rings (SSSR count). The van der Waals surface area contributed by atoms with Crippen LogP contribution in [0.25, 0.3) is 0 Å². The molecule has 0 radical (unpaired) electrons. The number of halogens is 5. The number of aromatic nitrogens is 1. The van der Waals surface area contributed by atoms with E-state index in [4.69, 9.17) is 11.6 Å². The first-order chi connectivity index (χ1) is 7.74. The number of hydrogen-bond donors (Lipinski definition) is 0. The molecule has 0 saturated heterocycles. The van der Waals surface area contributed by atoms with Crippen molar-refractivity contribution >= 4 is 39.9 Å². The van der Waals surface area contributed by atoms with Crippen LogP contribution in [0.2, 0.25) is 0 Å². The third-order valence-corrected chi connectivity index (χ3v) is 2.60. The third kappa shape index (κ3) is 3.84. The summed E-state index contributed by atoms with van der Waals surface area (Å²) in [7, 11) is 0. The Hall–Kier alpha value is -0.840. The number of pyridine rings is 1. The first-order valence-electron chi connectivity index (χ1n) is 3.90. The molecule has 0 aliphatic rings. The van der Waals surface area contributed by atoms with Crippen molar-refractivity contribution in [3.63, 3.8) is 0 Å². The predicted octanol–water partition coefficient (Wildman–Crippen LogP) is 3.23. The fourth-order valence-electron chi connectivity index (χ4n) is 0.947. The van der Waals surface area contributed by atoms with Crippen molar-refractivity contribution in [2.75, 3.05) is 0 Å². The molecule has 0 spiro atoms. The average molecular weight is 382 g/mol. The van der Waals surface area contributed by atoms with Crippen LogP contribution in [0.5, 0.6) is 5.88 Å². The Morgan fingerprint density at radius 3 is 2.59 bits per heavy atom. The molecule has 0 aliphatic carbocycles. The van der Waals surface area contributed by atoms with Gasteiger partial charge in [0.1, 0.15) is 0 Å². The Morgan fingerprint density at radius 1 is 1.59 bits per heavy atom. The van der Waals surface area contributed by atoms with Crippen molar-refractivity contribution in [3.8, 4) is 5.88 Å². The highest BCUT2D eigenvalue weighted by atomic mass is 127. The Balaban J connectivity index is 3.32. The summed E-state index contributed by atoms with van der Waals surface area (Å²) in [5.74, 6) is -1.28. The van der Waals surface area contributed by atoms with Crippen molar-refractivity contribution in [2.24, 2.45) is 0 Å². The van der Waals surface area contributed by atoms with Crippen LogP contribution in [-0.4, -0.2) is 16.3 Å². The standard InChI is InChI=1S/C7H3ClF3IN2O3/c8-2-3-1-4(12)5(14(15)16)6(13-3)17-7(9,10)11/h1H,2H2. The van der Waals surface area contributed by atoms with Gasteiger partial charge in [-0.1, -0.05) is 0 Å². The van der Waals surface area contributed by atoms with Gasteiger partial charge < -0.3 is 4.74 Å². The maximum absolute atomic E-state index is 12.0. The van der Waals surface area contributed by atoms with E-state index in [1.54, 1.807) is 0 Å². The summed E-state index contributed by atoms with van der Waals surface area (Å²) in [5.41, 5.74) is -0.780. The van der Waals surface area contributed by atoms with Gasteiger partial charge in [-0.25, -0.2) is 4.98 Å². The van der Waals surface area contributed by atoms with E-state index in [9.17, 15) is 23.3 Å². The highest BCUT2D eigenvalue weighted by Gasteiger charge is 2.36. The SMILES string of the molecule is O=[N+]([O-])c1c(I)cc(CCl)nc1OC(F)(F)F. The molecule has 5 nitrogen and oxygen atoms in total. The second kappa shape index (κ2) is 5.21. The van der Waals surface area contributed by atoms with Crippen molar-refractivity contribution in [1.82, 2.24) is 4.98 Å². The van der Waals surface area contributed by atoms with E-state index in [0.29, 0.717) is 0 Å². The fraction of sp³-hybridized carbons (Fsp3) is 0.286. The quantitative estimate of drug-likeness (QED) is 0.348. The van der Waals surface area contributed by atoms with Gasteiger partial charge in [-0.3, -0.25) is 10.1 Å². The van der Waals surface area contributed by atoms with Crippen molar-refractivity contribution in [1.29, 1.82) is 0 Å². The largest absolute Gasteiger partial charge is 0.574 e. The summed E-state index contributed by atoms with van der Waals surface area (Å²) in [6.45, 7) is 0. The van der Waals surface area contributed by atoms with Crippen LogP contribution in [0.3, 0.4) is 0 Å². The van der Waals surface area contributed by atoms with Crippen molar-refractivity contribution in [2.45, 2.75) is 12.2 Å². The number of alkyl halides is 4. The number of nitro groups is 1. The van der Waals surface area contributed by atoms with Gasteiger partial charge in [0.15, 0.2) is 0 Å². The molecule has 0 aliphatic heterocycles. The number of rotatable bonds is 3. The molecule has 0 aromatic carbocycles. The van der Waals surface area contributed by atoms with Crippen LogP contribution < -0.4 is 4.74 Å². The van der Waals surface area contributed by atoms with Crippen LogP contribution >= 0.6 is 34.2 Å². The molecule has 17 heavy (non-hydrogen) atoms. The highest BCUT2D eigenvalue weighted by Crippen LogP contribution is 2.34. The molecule has 0 saturated carbocycles. The predicted molar refractivity (Wildman–Crippen MR) is 59.8 cm³/mol. The van der Waals surface area contributed by atoms with Gasteiger partial charge >= 0.3 is 17.9 Å². The Labute approximate surface area is 111 Å². The molecule has 1 aromatic heterocycles. The molecule has 10 heteroatoms. The van der Waals surface area contributed by atoms with Gasteiger partial charge in [-0.15, -0.1) is 24.8 Å². The lowest BCUT2D eigenvalue weighted by atomic mass is 10.3. The summed E-state index contributed by atoms with van der Waals surface area (Å²) in [6.07, 6.45) is -5.05. The zero-order chi connectivity index (χ0) is 13.2. The molecular formula is C7H3ClF3IN2O3. The molecule has 0 unspecified atom stereocenters. The van der Waals surface area contributed by atoms with Crippen LogP contribution in [-0.2, 0) is 5.88 Å². The van der Waals surface area contributed by atoms with E-state index >= 15 is 0 Å². The summed E-state index contributed by atoms with van der Waals surface area (Å²) in [6, 6.07) is 1.22. The van der Waals surface area contributed by atoms with Gasteiger partial charge in [-0.05, 0) is 28.7 Å². The maximum atomic E-state index is 12.0. The first-order valence-corrected chi connectivity index (χ1v) is 5.51. The van der Waals surface area contributed by atoms with Gasteiger partial charge in [0, 0.05) is 0 Å². The zero-order valence-electron chi connectivity index (χ0n) is 7.79. The van der Waals surface area contributed by atoms with Crippen LogP contribution in [0, 0.1) is 13.7 Å². The van der Waals surface area contributed by atoms with Crippen LogP contribution in [0.15, 0.2) is 6.07 Å². The molecule has 0 atom stereocenters. The summed E-state index contributed by atoms with van der Waals surface area (Å²) in [4.78, 5) is 13.0. The Morgan fingerprint density at radius 2 is 2.18 bits per heavy atom. The number of hydrogen-bond acceptors (Lipinski definition) is 4. The van der Waals surface area contributed by atoms with E-state index < -0.39 is 22.9 Å². The van der Waals surface area contributed by atoms with Crippen molar-refractivity contribution in [3.05, 3.63) is 25.4 Å². The molecule has 1 aromatic rings. The van der Waals surface area contributed by atoms with E-state index in [0.717, 1.165) is 0 Å². The van der Waals surface area contributed by atoms with Crippen LogP contribution in [0.1, 0.15) is 5.69 Å². The molecule has 94 valence electrons. The second-order valence-corrected chi connectivity index (χ2v) is 4.12. The van der Waals surface area contributed by atoms with E-state index in [2.05, 4.69) is 9.72 Å². The molecule has 0 fully saturated rings. The molecule has 0 amide bonds. The number of ether oxygens (including phenoxy) is 1. The summed E-state index contributed by atoms with van der Waals surface area (Å²) < 4.78 is 39.6. The maximum Gasteiger partial charge on any atom is 0.574 e. The lowest BCUT2D eigenvalue weighted by Gasteiger charge is -2.09. The minimum absolute atomic E-state index is 0.0301. The Bertz CT molecular complexity index is 455. The molecular weight excluding hydrogens is 379 g/mol.